The van der Waals surface area contributed by atoms with Crippen LogP contribution in [0.4, 0.5) is 13.2 Å². The van der Waals surface area contributed by atoms with Gasteiger partial charge in [-0.3, -0.25) is 9.48 Å². The summed E-state index contributed by atoms with van der Waals surface area (Å²) >= 11 is 0. The second-order valence-electron chi connectivity index (χ2n) is 8.67. The Morgan fingerprint density at radius 2 is 1.88 bits per heavy atom. The minimum absolute atomic E-state index is 0.0692. The van der Waals surface area contributed by atoms with Crippen LogP contribution in [0, 0.1) is 24.4 Å². The van der Waals surface area contributed by atoms with Crippen molar-refractivity contribution in [2.45, 2.75) is 38.3 Å². The maximum absolute atomic E-state index is 13.9. The van der Waals surface area contributed by atoms with Crippen LogP contribution in [-0.2, 0) is 13.5 Å². The fourth-order valence-electron chi connectivity index (χ4n) is 5.33. The lowest BCUT2D eigenvalue weighted by Crippen LogP contribution is -2.41. The lowest BCUT2D eigenvalue weighted by Gasteiger charge is -2.34. The van der Waals surface area contributed by atoms with Gasteiger partial charge in [0.1, 0.15) is 5.52 Å². The first-order chi connectivity index (χ1) is 15.8. The highest BCUT2D eigenvalue weighted by atomic mass is 19.2. The number of aryl methyl sites for hydroxylation is 2. The topological polar surface area (TPSA) is 64.2 Å². The Balaban J connectivity index is 1.40. The van der Waals surface area contributed by atoms with Crippen LogP contribution in [0.15, 0.2) is 34.7 Å². The van der Waals surface area contributed by atoms with Gasteiger partial charge in [-0.25, -0.2) is 18.2 Å². The second kappa shape index (κ2) is 6.94. The second-order valence-corrected chi connectivity index (χ2v) is 8.67. The van der Waals surface area contributed by atoms with Crippen LogP contribution in [-0.4, -0.2) is 31.6 Å². The summed E-state index contributed by atoms with van der Waals surface area (Å²) < 4.78 is 48.5. The Morgan fingerprint density at radius 3 is 2.64 bits per heavy atom. The van der Waals surface area contributed by atoms with Crippen molar-refractivity contribution in [3.05, 3.63) is 70.5 Å². The van der Waals surface area contributed by atoms with Crippen LogP contribution in [0.3, 0.4) is 0 Å². The largest absolute Gasteiger partial charge is 0.441 e. The SMILES string of the molecule is Cc1nc2ccc(C(=O)N3[C@@H]4CC[C@H]3c3nn(C)c(-c5cc(F)c(F)c(F)c5)c3C4)cc2o1. The molecule has 2 aromatic heterocycles. The zero-order valence-corrected chi connectivity index (χ0v) is 17.9. The number of benzene rings is 2. The zero-order chi connectivity index (χ0) is 23.0. The summed E-state index contributed by atoms with van der Waals surface area (Å²) in [5.74, 6) is -3.56. The summed E-state index contributed by atoms with van der Waals surface area (Å²) in [5, 5.41) is 4.62. The highest BCUT2D eigenvalue weighted by Gasteiger charge is 2.46. The molecule has 0 aliphatic carbocycles. The highest BCUT2D eigenvalue weighted by molar-refractivity contribution is 5.98. The van der Waals surface area contributed by atoms with E-state index < -0.39 is 17.5 Å². The number of rotatable bonds is 2. The van der Waals surface area contributed by atoms with Gasteiger partial charge in [0.2, 0.25) is 0 Å². The number of amides is 1. The molecule has 0 N–H and O–H groups in total. The number of hydrogen-bond acceptors (Lipinski definition) is 4. The van der Waals surface area contributed by atoms with Crippen molar-refractivity contribution >= 4 is 17.0 Å². The van der Waals surface area contributed by atoms with Gasteiger partial charge < -0.3 is 9.32 Å². The Bertz CT molecular complexity index is 1430. The fourth-order valence-corrected chi connectivity index (χ4v) is 5.33. The molecule has 2 bridgehead atoms. The van der Waals surface area contributed by atoms with E-state index in [2.05, 4.69) is 10.1 Å². The van der Waals surface area contributed by atoms with E-state index in [4.69, 9.17) is 4.42 Å². The Kier molecular flexibility index (Phi) is 4.21. The first-order valence-electron chi connectivity index (χ1n) is 10.7. The van der Waals surface area contributed by atoms with E-state index in [1.165, 1.54) is 0 Å². The quantitative estimate of drug-likeness (QED) is 0.408. The molecule has 4 heterocycles. The molecule has 9 heteroatoms. The van der Waals surface area contributed by atoms with Crippen molar-refractivity contribution in [3.63, 3.8) is 0 Å². The van der Waals surface area contributed by atoms with Gasteiger partial charge in [-0.05, 0) is 49.6 Å². The predicted molar refractivity (Wildman–Crippen MR) is 113 cm³/mol. The molecule has 0 saturated carbocycles. The zero-order valence-electron chi connectivity index (χ0n) is 17.9. The van der Waals surface area contributed by atoms with Crippen LogP contribution in [0.2, 0.25) is 0 Å². The number of carbonyl (C=O) groups excluding carboxylic acids is 1. The standard InChI is InChI=1S/C24H19F3N4O2/c1-11-28-18-5-3-12(9-20(18)33-11)24(32)31-14-4-6-19(31)22-15(10-14)23(30(2)29-22)13-7-16(25)21(27)17(26)8-13/h3,5,7-9,14,19H,4,6,10H2,1-2H3/t14-,19+/m1/s1. The van der Waals surface area contributed by atoms with Crippen LogP contribution in [0.1, 0.15) is 46.4 Å². The first-order valence-corrected chi connectivity index (χ1v) is 10.7. The summed E-state index contributed by atoms with van der Waals surface area (Å²) in [4.78, 5) is 19.6. The molecular weight excluding hydrogens is 433 g/mol. The summed E-state index contributed by atoms with van der Waals surface area (Å²) in [6, 6.07) is 6.89. The summed E-state index contributed by atoms with van der Waals surface area (Å²) in [6.45, 7) is 1.76. The van der Waals surface area contributed by atoms with E-state index in [9.17, 15) is 18.0 Å². The molecule has 2 aromatic carbocycles. The van der Waals surface area contributed by atoms with E-state index in [0.29, 0.717) is 34.7 Å². The van der Waals surface area contributed by atoms with Gasteiger partial charge in [-0.1, -0.05) is 0 Å². The minimum atomic E-state index is -1.49. The monoisotopic (exact) mass is 452 g/mol. The van der Waals surface area contributed by atoms with Crippen molar-refractivity contribution in [3.8, 4) is 11.3 Å². The average molecular weight is 452 g/mol. The maximum Gasteiger partial charge on any atom is 0.254 e. The number of aromatic nitrogens is 3. The van der Waals surface area contributed by atoms with Crippen LogP contribution < -0.4 is 0 Å². The van der Waals surface area contributed by atoms with Crippen molar-refractivity contribution in [2.75, 3.05) is 0 Å². The van der Waals surface area contributed by atoms with E-state index in [1.807, 2.05) is 4.90 Å². The first kappa shape index (κ1) is 20.0. The third kappa shape index (κ3) is 2.91. The molecule has 0 radical (unpaired) electrons. The summed E-state index contributed by atoms with van der Waals surface area (Å²) in [7, 11) is 1.69. The Hall–Kier alpha value is -3.62. The third-order valence-electron chi connectivity index (χ3n) is 6.67. The smallest absolute Gasteiger partial charge is 0.254 e. The Morgan fingerprint density at radius 1 is 1.12 bits per heavy atom. The maximum atomic E-state index is 13.9. The molecule has 1 amide bonds. The van der Waals surface area contributed by atoms with Crippen molar-refractivity contribution in [1.82, 2.24) is 19.7 Å². The van der Waals surface area contributed by atoms with E-state index in [1.54, 1.807) is 36.9 Å². The molecule has 4 aromatic rings. The average Bonchev–Trinajstić information content (AvgIpc) is 3.42. The fraction of sp³-hybridized carbons (Fsp3) is 0.292. The number of oxazole rings is 1. The molecule has 0 spiro atoms. The lowest BCUT2D eigenvalue weighted by atomic mass is 9.94. The molecule has 6 nitrogen and oxygen atoms in total. The highest BCUT2D eigenvalue weighted by Crippen LogP contribution is 2.46. The molecular formula is C24H19F3N4O2. The number of carbonyl (C=O) groups is 1. The molecule has 1 fully saturated rings. The predicted octanol–water partition coefficient (Wildman–Crippen LogP) is 4.86. The molecule has 33 heavy (non-hydrogen) atoms. The van der Waals surface area contributed by atoms with Gasteiger partial charge in [0.15, 0.2) is 28.9 Å². The van der Waals surface area contributed by atoms with Crippen LogP contribution in [0.25, 0.3) is 22.4 Å². The lowest BCUT2D eigenvalue weighted by molar-refractivity contribution is 0.0642. The third-order valence-corrected chi connectivity index (χ3v) is 6.67. The number of hydrogen-bond donors (Lipinski definition) is 0. The van der Waals surface area contributed by atoms with Gasteiger partial charge in [0.05, 0.1) is 17.4 Å². The van der Waals surface area contributed by atoms with Gasteiger partial charge in [-0.15, -0.1) is 0 Å². The van der Waals surface area contributed by atoms with Crippen molar-refractivity contribution in [1.29, 1.82) is 0 Å². The molecule has 6 rings (SSSR count). The van der Waals surface area contributed by atoms with Crippen molar-refractivity contribution in [2.24, 2.45) is 7.05 Å². The number of fused-ring (bicyclic) bond motifs is 5. The molecule has 2 aliphatic rings. The molecule has 0 unspecified atom stereocenters. The number of nitrogens with zero attached hydrogens (tertiary/aromatic N) is 4. The normalized spacial score (nSPS) is 19.4. The summed E-state index contributed by atoms with van der Waals surface area (Å²) in [6.07, 6.45) is 2.05. The molecule has 168 valence electrons. The van der Waals surface area contributed by atoms with Gasteiger partial charge in [0, 0.05) is 36.7 Å². The molecule has 1 saturated heterocycles. The van der Waals surface area contributed by atoms with Gasteiger partial charge in [0.25, 0.3) is 5.91 Å². The van der Waals surface area contributed by atoms with Gasteiger partial charge in [-0.2, -0.15) is 5.10 Å². The molecule has 2 atom stereocenters. The minimum Gasteiger partial charge on any atom is -0.441 e. The van der Waals surface area contributed by atoms with E-state index >= 15 is 0 Å². The van der Waals surface area contributed by atoms with Gasteiger partial charge >= 0.3 is 0 Å². The summed E-state index contributed by atoms with van der Waals surface area (Å²) in [5.41, 5.74) is 4.11. The van der Waals surface area contributed by atoms with E-state index in [-0.39, 0.29) is 23.6 Å². The number of halogens is 3. The Labute approximate surface area is 186 Å². The van der Waals surface area contributed by atoms with Crippen LogP contribution >= 0.6 is 0 Å². The van der Waals surface area contributed by atoms with Crippen molar-refractivity contribution < 1.29 is 22.4 Å². The molecule has 2 aliphatic heterocycles. The van der Waals surface area contributed by atoms with Crippen LogP contribution in [0.5, 0.6) is 0 Å². The van der Waals surface area contributed by atoms with E-state index in [0.717, 1.165) is 36.2 Å².